The molecular formula is C22H24ClN3O4. The molecule has 0 aliphatic rings. The molecule has 0 fully saturated rings. The maximum absolute atomic E-state index is 12.8. The summed E-state index contributed by atoms with van der Waals surface area (Å²) in [6, 6.07) is 12.1. The molecule has 2 aromatic carbocycles. The van der Waals surface area contributed by atoms with Crippen LogP contribution in [-0.2, 0) is 11.3 Å². The summed E-state index contributed by atoms with van der Waals surface area (Å²) in [6.07, 6.45) is 0.755. The molecule has 30 heavy (non-hydrogen) atoms. The van der Waals surface area contributed by atoms with Crippen LogP contribution in [0.5, 0.6) is 11.5 Å². The quantitative estimate of drug-likeness (QED) is 0.559. The monoisotopic (exact) mass is 429 g/mol. The lowest BCUT2D eigenvalue weighted by atomic mass is 10.2. The number of hydrogen-bond acceptors (Lipinski definition) is 5. The van der Waals surface area contributed by atoms with Gasteiger partial charge in [-0.25, -0.2) is 4.98 Å². The van der Waals surface area contributed by atoms with Gasteiger partial charge in [0.2, 0.25) is 0 Å². The Bertz CT molecular complexity index is 1080. The van der Waals surface area contributed by atoms with E-state index in [0.717, 1.165) is 6.42 Å². The average Bonchev–Trinajstić information content (AvgIpc) is 2.72. The molecule has 0 spiro atoms. The van der Waals surface area contributed by atoms with Crippen molar-refractivity contribution in [2.75, 3.05) is 19.8 Å². The molecule has 7 nitrogen and oxygen atoms in total. The highest BCUT2D eigenvalue weighted by molar-refractivity contribution is 6.31. The zero-order chi connectivity index (χ0) is 21.5. The Kier molecular flexibility index (Phi) is 7.30. The third-order valence-corrected chi connectivity index (χ3v) is 4.64. The van der Waals surface area contributed by atoms with E-state index >= 15 is 0 Å². The number of halogens is 1. The van der Waals surface area contributed by atoms with Crippen molar-refractivity contribution in [3.8, 4) is 11.5 Å². The third-order valence-electron chi connectivity index (χ3n) is 4.40. The number of aromatic amines is 1. The van der Waals surface area contributed by atoms with Crippen molar-refractivity contribution in [2.45, 2.75) is 26.8 Å². The number of fused-ring (bicyclic) bond motifs is 1. The minimum atomic E-state index is -0.266. The van der Waals surface area contributed by atoms with Crippen LogP contribution in [-0.4, -0.2) is 40.5 Å². The Morgan fingerprint density at radius 1 is 1.13 bits per heavy atom. The van der Waals surface area contributed by atoms with E-state index in [4.69, 9.17) is 21.1 Å². The number of rotatable bonds is 9. The molecule has 0 atom stereocenters. The molecule has 0 aliphatic carbocycles. The van der Waals surface area contributed by atoms with Crippen LogP contribution >= 0.6 is 11.6 Å². The van der Waals surface area contributed by atoms with E-state index < -0.39 is 0 Å². The fourth-order valence-corrected chi connectivity index (χ4v) is 3.22. The summed E-state index contributed by atoms with van der Waals surface area (Å²) in [5, 5.41) is 0.946. The van der Waals surface area contributed by atoms with E-state index in [1.807, 2.05) is 26.0 Å². The Hall–Kier alpha value is -3.06. The van der Waals surface area contributed by atoms with Crippen LogP contribution in [0.15, 0.2) is 47.3 Å². The Morgan fingerprint density at radius 2 is 1.87 bits per heavy atom. The number of para-hydroxylation sites is 2. The molecule has 1 N–H and O–H groups in total. The van der Waals surface area contributed by atoms with Gasteiger partial charge in [-0.1, -0.05) is 30.7 Å². The molecule has 8 heteroatoms. The molecule has 0 saturated carbocycles. The van der Waals surface area contributed by atoms with Crippen molar-refractivity contribution >= 4 is 28.4 Å². The van der Waals surface area contributed by atoms with Gasteiger partial charge in [0, 0.05) is 11.6 Å². The molecule has 1 aromatic heterocycles. The number of carbonyl (C=O) groups excluding carboxylic acids is 1. The standard InChI is InChI=1S/C22H24ClN3O4/c1-3-11-26(21(27)14-30-19-8-6-5-7-18(19)29-4-2)13-20-24-17-12-15(23)9-10-16(17)22(28)25-20/h5-10,12H,3-4,11,13-14H2,1-2H3,(H,24,25,28). The normalized spacial score (nSPS) is 10.8. The van der Waals surface area contributed by atoms with Gasteiger partial charge in [-0.2, -0.15) is 0 Å². The molecule has 0 bridgehead atoms. The molecular weight excluding hydrogens is 406 g/mol. The number of ether oxygens (including phenoxy) is 2. The van der Waals surface area contributed by atoms with Gasteiger partial charge in [0.25, 0.3) is 11.5 Å². The van der Waals surface area contributed by atoms with Crippen molar-refractivity contribution < 1.29 is 14.3 Å². The van der Waals surface area contributed by atoms with E-state index in [1.54, 1.807) is 35.2 Å². The van der Waals surface area contributed by atoms with Crippen LogP contribution in [0.2, 0.25) is 5.02 Å². The predicted molar refractivity (Wildman–Crippen MR) is 116 cm³/mol. The number of benzene rings is 2. The van der Waals surface area contributed by atoms with Crippen molar-refractivity contribution in [3.63, 3.8) is 0 Å². The SMILES string of the molecule is CCCN(Cc1nc2cc(Cl)ccc2c(=O)[nH]1)C(=O)COc1ccccc1OCC. The summed E-state index contributed by atoms with van der Waals surface area (Å²) >= 11 is 6.02. The highest BCUT2D eigenvalue weighted by atomic mass is 35.5. The lowest BCUT2D eigenvalue weighted by Crippen LogP contribution is -2.36. The second kappa shape index (κ2) is 10.1. The molecule has 0 unspecified atom stereocenters. The first-order valence-electron chi connectivity index (χ1n) is 9.82. The lowest BCUT2D eigenvalue weighted by Gasteiger charge is -2.22. The number of nitrogens with zero attached hydrogens (tertiary/aromatic N) is 2. The second-order valence-electron chi connectivity index (χ2n) is 6.66. The number of aromatic nitrogens is 2. The van der Waals surface area contributed by atoms with E-state index in [0.29, 0.717) is 46.4 Å². The minimum Gasteiger partial charge on any atom is -0.490 e. The maximum Gasteiger partial charge on any atom is 0.260 e. The Balaban J connectivity index is 1.75. The van der Waals surface area contributed by atoms with Gasteiger partial charge in [-0.15, -0.1) is 0 Å². The molecule has 3 aromatic rings. The average molecular weight is 430 g/mol. The first-order chi connectivity index (χ1) is 14.5. The molecule has 3 rings (SSSR count). The fourth-order valence-electron chi connectivity index (χ4n) is 3.05. The van der Waals surface area contributed by atoms with E-state index in [1.165, 1.54) is 0 Å². The summed E-state index contributed by atoms with van der Waals surface area (Å²) in [7, 11) is 0. The summed E-state index contributed by atoms with van der Waals surface area (Å²) in [6.45, 7) is 4.89. The van der Waals surface area contributed by atoms with E-state index in [9.17, 15) is 9.59 Å². The van der Waals surface area contributed by atoms with Gasteiger partial charge < -0.3 is 19.4 Å². The van der Waals surface area contributed by atoms with Crippen LogP contribution < -0.4 is 15.0 Å². The minimum absolute atomic E-state index is 0.145. The predicted octanol–water partition coefficient (Wildman–Crippen LogP) is 3.79. The van der Waals surface area contributed by atoms with Crippen LogP contribution in [0.25, 0.3) is 10.9 Å². The van der Waals surface area contributed by atoms with Crippen molar-refractivity contribution in [1.82, 2.24) is 14.9 Å². The van der Waals surface area contributed by atoms with E-state index in [2.05, 4.69) is 9.97 Å². The van der Waals surface area contributed by atoms with Gasteiger partial charge in [0.05, 0.1) is 24.1 Å². The number of carbonyl (C=O) groups is 1. The van der Waals surface area contributed by atoms with Gasteiger partial charge >= 0.3 is 0 Å². The molecule has 1 amide bonds. The molecule has 0 aliphatic heterocycles. The number of H-pyrrole nitrogens is 1. The number of amides is 1. The summed E-state index contributed by atoms with van der Waals surface area (Å²) in [5.74, 6) is 1.28. The second-order valence-corrected chi connectivity index (χ2v) is 7.09. The maximum atomic E-state index is 12.8. The first kappa shape index (κ1) is 21.6. The van der Waals surface area contributed by atoms with Gasteiger partial charge in [-0.05, 0) is 43.7 Å². The molecule has 0 radical (unpaired) electrons. The summed E-state index contributed by atoms with van der Waals surface area (Å²) < 4.78 is 11.2. The van der Waals surface area contributed by atoms with Crippen molar-refractivity contribution in [2.24, 2.45) is 0 Å². The van der Waals surface area contributed by atoms with E-state index in [-0.39, 0.29) is 24.6 Å². The van der Waals surface area contributed by atoms with Gasteiger partial charge in [0.15, 0.2) is 18.1 Å². The smallest absolute Gasteiger partial charge is 0.260 e. The lowest BCUT2D eigenvalue weighted by molar-refractivity contribution is -0.134. The number of hydrogen-bond donors (Lipinski definition) is 1. The van der Waals surface area contributed by atoms with Crippen molar-refractivity contribution in [3.05, 3.63) is 63.7 Å². The molecule has 0 saturated heterocycles. The largest absolute Gasteiger partial charge is 0.490 e. The Morgan fingerprint density at radius 3 is 2.57 bits per heavy atom. The first-order valence-corrected chi connectivity index (χ1v) is 10.2. The van der Waals surface area contributed by atoms with Crippen LogP contribution in [0.1, 0.15) is 26.1 Å². The highest BCUT2D eigenvalue weighted by Crippen LogP contribution is 2.26. The third kappa shape index (κ3) is 5.30. The topological polar surface area (TPSA) is 84.5 Å². The zero-order valence-electron chi connectivity index (χ0n) is 17.0. The van der Waals surface area contributed by atoms with Gasteiger partial charge in [0.1, 0.15) is 5.82 Å². The highest BCUT2D eigenvalue weighted by Gasteiger charge is 2.17. The number of nitrogens with one attached hydrogen (secondary N) is 1. The zero-order valence-corrected chi connectivity index (χ0v) is 17.7. The summed E-state index contributed by atoms with van der Waals surface area (Å²) in [4.78, 5) is 34.0. The fraction of sp³-hybridized carbons (Fsp3) is 0.318. The van der Waals surface area contributed by atoms with Crippen LogP contribution in [0.3, 0.4) is 0 Å². The van der Waals surface area contributed by atoms with Crippen LogP contribution in [0, 0.1) is 0 Å². The van der Waals surface area contributed by atoms with Crippen LogP contribution in [0.4, 0.5) is 0 Å². The van der Waals surface area contributed by atoms with Gasteiger partial charge in [-0.3, -0.25) is 9.59 Å². The van der Waals surface area contributed by atoms with Crippen molar-refractivity contribution in [1.29, 1.82) is 0 Å². The molecule has 1 heterocycles. The summed E-state index contributed by atoms with van der Waals surface area (Å²) in [5.41, 5.74) is 0.226. The Labute approximate surface area is 179 Å². The molecule has 158 valence electrons.